The van der Waals surface area contributed by atoms with Gasteiger partial charge in [-0.2, -0.15) is 0 Å². The molecule has 10 heteroatoms. The van der Waals surface area contributed by atoms with E-state index >= 15 is 0 Å². The molecule has 0 atom stereocenters. The minimum absolute atomic E-state index is 0.204. The van der Waals surface area contributed by atoms with Crippen molar-refractivity contribution < 1.29 is 38.1 Å². The van der Waals surface area contributed by atoms with Gasteiger partial charge in [0, 0.05) is 17.9 Å². The van der Waals surface area contributed by atoms with Crippen molar-refractivity contribution in [1.29, 1.82) is 0 Å². The first-order valence-electron chi connectivity index (χ1n) is 25.0. The van der Waals surface area contributed by atoms with Crippen molar-refractivity contribution in [2.24, 2.45) is 0 Å². The van der Waals surface area contributed by atoms with Gasteiger partial charge in [-0.15, -0.1) is 0 Å². The van der Waals surface area contributed by atoms with Crippen LogP contribution in [0.5, 0.6) is 34.5 Å². The zero-order valence-corrected chi connectivity index (χ0v) is 43.3. The maximum Gasteiger partial charge on any atom is 0.266 e. The molecule has 8 aromatic carbocycles. The Morgan fingerprint density at radius 3 is 1.33 bits per heavy atom. The molecule has 2 aliphatic rings. The Labute approximate surface area is 443 Å². The van der Waals surface area contributed by atoms with E-state index in [9.17, 15) is 19.2 Å². The van der Waals surface area contributed by atoms with Crippen molar-refractivity contribution in [3.8, 4) is 34.5 Å². The number of amides is 4. The molecular formula is C66H56N2O8. The first-order chi connectivity index (χ1) is 36.5. The van der Waals surface area contributed by atoms with E-state index in [0.29, 0.717) is 52.2 Å². The second-order valence-corrected chi connectivity index (χ2v) is 20.2. The number of carbonyl (C=O) groups is 4. The highest BCUT2D eigenvalue weighted by molar-refractivity contribution is 6.35. The molecule has 0 spiro atoms. The topological polar surface area (TPSA) is 112 Å². The molecule has 0 N–H and O–H groups in total. The van der Waals surface area contributed by atoms with Crippen LogP contribution in [0.2, 0.25) is 0 Å². The molecule has 0 fully saturated rings. The normalized spacial score (nSPS) is 13.1. The molecule has 10 nitrogen and oxygen atoms in total. The van der Waals surface area contributed by atoms with Crippen LogP contribution in [0.25, 0.3) is 12.2 Å². The third kappa shape index (κ3) is 9.68. The van der Waals surface area contributed by atoms with E-state index in [4.69, 9.17) is 18.9 Å². The van der Waals surface area contributed by atoms with Gasteiger partial charge in [-0.25, -0.2) is 4.90 Å². The number of fused-ring (bicyclic) bond motifs is 2. The highest BCUT2D eigenvalue weighted by Crippen LogP contribution is 2.43. The van der Waals surface area contributed by atoms with Gasteiger partial charge in [0.05, 0.1) is 27.9 Å². The molecule has 76 heavy (non-hydrogen) atoms. The van der Waals surface area contributed by atoms with Gasteiger partial charge in [-0.3, -0.25) is 24.1 Å². The molecule has 0 aliphatic carbocycles. The van der Waals surface area contributed by atoms with E-state index in [2.05, 4.69) is 53.0 Å². The van der Waals surface area contributed by atoms with Crippen LogP contribution >= 0.6 is 0 Å². The van der Waals surface area contributed by atoms with Gasteiger partial charge in [0.2, 0.25) is 0 Å². The average Bonchev–Trinajstić information content (AvgIpc) is 3.83. The number of aryl methyl sites for hydroxylation is 1. The largest absolute Gasteiger partial charge is 0.489 e. The molecule has 2 heterocycles. The van der Waals surface area contributed by atoms with E-state index in [0.717, 1.165) is 60.7 Å². The van der Waals surface area contributed by atoms with E-state index in [-0.39, 0.29) is 29.5 Å². The lowest BCUT2D eigenvalue weighted by molar-refractivity contribution is 0.0692. The zero-order valence-electron chi connectivity index (χ0n) is 43.3. The van der Waals surface area contributed by atoms with Crippen LogP contribution in [0.4, 0.5) is 5.69 Å². The van der Waals surface area contributed by atoms with Crippen molar-refractivity contribution in [3.63, 3.8) is 0 Å². The van der Waals surface area contributed by atoms with Crippen LogP contribution in [0.15, 0.2) is 183 Å². The summed E-state index contributed by atoms with van der Waals surface area (Å²) in [6.45, 7) is 18.8. The fourth-order valence-electron chi connectivity index (χ4n) is 9.62. The predicted molar refractivity (Wildman–Crippen MR) is 297 cm³/mol. The number of anilines is 1. The molecule has 0 saturated carbocycles. The molecule has 0 aromatic heterocycles. The summed E-state index contributed by atoms with van der Waals surface area (Å²) in [6, 6.07) is 53.2. The van der Waals surface area contributed by atoms with Gasteiger partial charge in [0.1, 0.15) is 47.7 Å². The number of hydrogen-bond donors (Lipinski definition) is 0. The minimum Gasteiger partial charge on any atom is -0.489 e. The van der Waals surface area contributed by atoms with Crippen LogP contribution in [0, 0.1) is 6.92 Å². The highest BCUT2D eigenvalue weighted by atomic mass is 16.5. The number of imide groups is 2. The summed E-state index contributed by atoms with van der Waals surface area (Å²) in [7, 11) is 1.47. The van der Waals surface area contributed by atoms with Gasteiger partial charge in [-0.1, -0.05) is 144 Å². The number of carbonyl (C=O) groups excluding carboxylic acids is 4. The van der Waals surface area contributed by atoms with E-state index < -0.39 is 22.6 Å². The lowest BCUT2D eigenvalue weighted by Gasteiger charge is -2.29. The van der Waals surface area contributed by atoms with E-state index in [1.165, 1.54) is 11.9 Å². The lowest BCUT2D eigenvalue weighted by Crippen LogP contribution is -2.30. The molecular weight excluding hydrogens is 949 g/mol. The fraction of sp³-hybridized carbons (Fsp3) is 0.152. The Balaban J connectivity index is 0.861. The molecule has 2 aliphatic heterocycles. The number of hydrogen-bond acceptors (Lipinski definition) is 8. The third-order valence-corrected chi connectivity index (χ3v) is 14.6. The standard InChI is InChI=1S/C66H56N2O8/c1-9-42-11-15-44(16-12-42)39-73-59-33-23-48(35-41(59)3)66(6,7)49-24-34-60(74-40-45-17-13-43(10-2)14-18-45)58(36-49)68-63(71)55-32-30-53(38-57(55)64(68)72)76-51-27-21-47(22-28-51)65(4,5)46-19-25-50(26-20-46)75-52-29-31-54-56(37-52)62(70)67(8)61(54)69/h9-38H,1-2,39-40H2,3-8H3. The molecule has 0 bridgehead atoms. The lowest BCUT2D eigenvalue weighted by atomic mass is 9.77. The van der Waals surface area contributed by atoms with Crippen molar-refractivity contribution in [3.05, 3.63) is 255 Å². The maximum absolute atomic E-state index is 14.6. The van der Waals surface area contributed by atoms with Crippen LogP contribution in [0.3, 0.4) is 0 Å². The summed E-state index contributed by atoms with van der Waals surface area (Å²) in [5.74, 6) is 1.54. The highest BCUT2D eigenvalue weighted by Gasteiger charge is 2.40. The summed E-state index contributed by atoms with van der Waals surface area (Å²) < 4.78 is 25.1. The summed E-state index contributed by atoms with van der Waals surface area (Å²) in [4.78, 5) is 56.3. The summed E-state index contributed by atoms with van der Waals surface area (Å²) in [5, 5.41) is 0. The first kappa shape index (κ1) is 50.3. The van der Waals surface area contributed by atoms with Crippen molar-refractivity contribution >= 4 is 41.5 Å². The summed E-state index contributed by atoms with van der Waals surface area (Å²) >= 11 is 0. The van der Waals surface area contributed by atoms with Crippen LogP contribution in [-0.4, -0.2) is 35.6 Å². The molecule has 0 saturated heterocycles. The van der Waals surface area contributed by atoms with Gasteiger partial charge < -0.3 is 18.9 Å². The third-order valence-electron chi connectivity index (χ3n) is 14.6. The van der Waals surface area contributed by atoms with E-state index in [1.54, 1.807) is 42.5 Å². The first-order valence-corrected chi connectivity index (χ1v) is 25.0. The summed E-state index contributed by atoms with van der Waals surface area (Å²) in [6.07, 6.45) is 3.59. The SMILES string of the molecule is C=Cc1ccc(COc2ccc(C(C)(C)c3ccc(OCc4ccc(C=C)cc4)c(N4C(=O)c5ccc(Oc6ccc(C(C)(C)c7ccc(Oc8ccc9c(c8)C(=O)N(C)C9=O)cc7)cc6)cc5C4=O)c3)cc2C)cc1. The number of ether oxygens (including phenoxy) is 4. The second-order valence-electron chi connectivity index (χ2n) is 20.2. The van der Waals surface area contributed by atoms with Crippen LogP contribution in [-0.2, 0) is 24.0 Å². The zero-order chi connectivity index (χ0) is 53.5. The average molecular weight is 1010 g/mol. The van der Waals surface area contributed by atoms with Crippen molar-refractivity contribution in [1.82, 2.24) is 4.90 Å². The van der Waals surface area contributed by atoms with Gasteiger partial charge in [-0.05, 0) is 136 Å². The van der Waals surface area contributed by atoms with Crippen molar-refractivity contribution in [2.75, 3.05) is 11.9 Å². The Morgan fingerprint density at radius 2 is 0.829 bits per heavy atom. The van der Waals surface area contributed by atoms with Gasteiger partial charge in [0.15, 0.2) is 0 Å². The number of nitrogens with zero attached hydrogens (tertiary/aromatic N) is 2. The second kappa shape index (κ2) is 20.2. The Morgan fingerprint density at radius 1 is 0.434 bits per heavy atom. The van der Waals surface area contributed by atoms with Gasteiger partial charge >= 0.3 is 0 Å². The Kier molecular flexibility index (Phi) is 13.4. The van der Waals surface area contributed by atoms with Crippen LogP contribution < -0.4 is 23.8 Å². The van der Waals surface area contributed by atoms with Gasteiger partial charge in [0.25, 0.3) is 23.6 Å². The minimum atomic E-state index is -0.572. The Hall–Kier alpha value is -9.28. The smallest absolute Gasteiger partial charge is 0.266 e. The fourth-order valence-corrected chi connectivity index (χ4v) is 9.62. The monoisotopic (exact) mass is 1000 g/mol. The number of benzene rings is 8. The quantitative estimate of drug-likeness (QED) is 0.0829. The van der Waals surface area contributed by atoms with Crippen molar-refractivity contribution in [2.45, 2.75) is 58.7 Å². The molecule has 10 rings (SSSR count). The predicted octanol–water partition coefficient (Wildman–Crippen LogP) is 14.7. The van der Waals surface area contributed by atoms with E-state index in [1.807, 2.05) is 134 Å². The number of rotatable bonds is 17. The molecule has 0 unspecified atom stereocenters. The molecule has 0 radical (unpaired) electrons. The summed E-state index contributed by atoms with van der Waals surface area (Å²) in [5.41, 5.74) is 9.48. The Bertz CT molecular complexity index is 3610. The van der Waals surface area contributed by atoms with Crippen LogP contribution in [0.1, 0.15) is 119 Å². The molecule has 378 valence electrons. The molecule has 8 aromatic rings. The molecule has 4 amide bonds. The maximum atomic E-state index is 14.6.